The Morgan fingerprint density at radius 1 is 0.970 bits per heavy atom. The molecule has 7 heteroatoms. The molecule has 1 heterocycles. The Labute approximate surface area is 196 Å². The molecule has 0 bridgehead atoms. The SMILES string of the molecule is COc1cc(/C=C2\C(=O)NC(=O)N(c3ccccc3C)C2=O)ccc1Cc1ccccc1Cl. The number of methoxy groups -OCH3 is 1. The maximum atomic E-state index is 13.1. The molecule has 0 atom stereocenters. The van der Waals surface area contributed by atoms with Gasteiger partial charge in [0.1, 0.15) is 11.3 Å². The number of ether oxygens (including phenoxy) is 1. The Kier molecular flexibility index (Phi) is 6.29. The molecule has 1 saturated heterocycles. The van der Waals surface area contributed by atoms with E-state index >= 15 is 0 Å². The molecule has 0 radical (unpaired) electrons. The summed E-state index contributed by atoms with van der Waals surface area (Å²) in [7, 11) is 1.55. The third-order valence-corrected chi connectivity index (χ3v) is 5.79. The van der Waals surface area contributed by atoms with Gasteiger partial charge in [-0.1, -0.05) is 60.1 Å². The number of hydrogen-bond acceptors (Lipinski definition) is 4. The van der Waals surface area contributed by atoms with Gasteiger partial charge in [-0.3, -0.25) is 14.9 Å². The van der Waals surface area contributed by atoms with Crippen LogP contribution in [0.25, 0.3) is 6.08 Å². The van der Waals surface area contributed by atoms with Crippen LogP contribution in [0.1, 0.15) is 22.3 Å². The summed E-state index contributed by atoms with van der Waals surface area (Å²) in [6, 6.07) is 19.2. The van der Waals surface area contributed by atoms with Crippen LogP contribution >= 0.6 is 11.6 Å². The predicted molar refractivity (Wildman–Crippen MR) is 127 cm³/mol. The summed E-state index contributed by atoms with van der Waals surface area (Å²) in [6.07, 6.45) is 2.02. The minimum absolute atomic E-state index is 0.140. The second-order valence-electron chi connectivity index (χ2n) is 7.58. The number of anilines is 1. The van der Waals surface area contributed by atoms with E-state index in [2.05, 4.69) is 5.32 Å². The molecular formula is C26H21ClN2O4. The van der Waals surface area contributed by atoms with Gasteiger partial charge in [0.15, 0.2) is 0 Å². The van der Waals surface area contributed by atoms with Gasteiger partial charge in [-0.2, -0.15) is 0 Å². The van der Waals surface area contributed by atoms with Crippen LogP contribution < -0.4 is 15.0 Å². The molecule has 1 fully saturated rings. The number of halogens is 1. The number of carbonyl (C=O) groups excluding carboxylic acids is 3. The summed E-state index contributed by atoms with van der Waals surface area (Å²) >= 11 is 6.28. The fraction of sp³-hybridized carbons (Fsp3) is 0.115. The molecule has 33 heavy (non-hydrogen) atoms. The molecule has 3 aromatic carbocycles. The van der Waals surface area contributed by atoms with Crippen molar-refractivity contribution in [2.45, 2.75) is 13.3 Å². The van der Waals surface area contributed by atoms with E-state index in [4.69, 9.17) is 16.3 Å². The lowest BCUT2D eigenvalue weighted by atomic mass is 10.0. The van der Waals surface area contributed by atoms with Gasteiger partial charge in [0, 0.05) is 11.4 Å². The highest BCUT2D eigenvalue weighted by atomic mass is 35.5. The average Bonchev–Trinajstić information content (AvgIpc) is 2.80. The lowest BCUT2D eigenvalue weighted by Crippen LogP contribution is -2.54. The molecule has 0 spiro atoms. The summed E-state index contributed by atoms with van der Waals surface area (Å²) in [5.41, 5.74) is 3.47. The highest BCUT2D eigenvalue weighted by Crippen LogP contribution is 2.29. The van der Waals surface area contributed by atoms with Crippen LogP contribution in [-0.2, 0) is 16.0 Å². The monoisotopic (exact) mass is 460 g/mol. The van der Waals surface area contributed by atoms with Crippen LogP contribution in [0.2, 0.25) is 5.02 Å². The maximum absolute atomic E-state index is 13.1. The Morgan fingerprint density at radius 3 is 2.42 bits per heavy atom. The van der Waals surface area contributed by atoms with Crippen molar-refractivity contribution in [1.29, 1.82) is 0 Å². The lowest BCUT2D eigenvalue weighted by molar-refractivity contribution is -0.122. The fourth-order valence-electron chi connectivity index (χ4n) is 3.70. The summed E-state index contributed by atoms with van der Waals surface area (Å²) in [4.78, 5) is 39.0. The molecular weight excluding hydrogens is 440 g/mol. The standard InChI is InChI=1S/C26H21ClN2O4/c1-16-7-3-6-10-22(16)29-25(31)20(24(30)28-26(29)32)13-17-11-12-19(23(14-17)33-2)15-18-8-4-5-9-21(18)27/h3-14H,15H2,1-2H3,(H,28,30,32)/b20-13+. The Bertz CT molecular complexity index is 1300. The van der Waals surface area contributed by atoms with Crippen LogP contribution in [-0.4, -0.2) is 25.0 Å². The number of nitrogens with one attached hydrogen (secondary N) is 1. The number of para-hydroxylation sites is 1. The van der Waals surface area contributed by atoms with Crippen molar-refractivity contribution < 1.29 is 19.1 Å². The van der Waals surface area contributed by atoms with Crippen LogP contribution in [0, 0.1) is 6.92 Å². The number of carbonyl (C=O) groups is 3. The predicted octanol–water partition coefficient (Wildman–Crippen LogP) is 4.91. The summed E-state index contributed by atoms with van der Waals surface area (Å²) in [5.74, 6) is -0.828. The minimum Gasteiger partial charge on any atom is -0.496 e. The van der Waals surface area contributed by atoms with E-state index in [-0.39, 0.29) is 5.57 Å². The maximum Gasteiger partial charge on any atom is 0.335 e. The molecule has 166 valence electrons. The molecule has 4 rings (SSSR count). The average molecular weight is 461 g/mol. The van der Waals surface area contributed by atoms with Gasteiger partial charge >= 0.3 is 6.03 Å². The summed E-state index contributed by atoms with van der Waals surface area (Å²) < 4.78 is 5.54. The quantitative estimate of drug-likeness (QED) is 0.433. The second-order valence-corrected chi connectivity index (χ2v) is 7.99. The van der Waals surface area contributed by atoms with E-state index in [0.29, 0.717) is 28.4 Å². The number of amides is 4. The molecule has 3 aromatic rings. The van der Waals surface area contributed by atoms with Crippen molar-refractivity contribution in [2.24, 2.45) is 0 Å². The molecule has 4 amide bonds. The van der Waals surface area contributed by atoms with E-state index < -0.39 is 17.8 Å². The van der Waals surface area contributed by atoms with E-state index in [1.54, 1.807) is 44.4 Å². The number of benzene rings is 3. The van der Waals surface area contributed by atoms with Crippen molar-refractivity contribution in [2.75, 3.05) is 12.0 Å². The van der Waals surface area contributed by atoms with Crippen LogP contribution in [0.3, 0.4) is 0 Å². The number of nitrogens with zero attached hydrogens (tertiary/aromatic N) is 1. The van der Waals surface area contributed by atoms with Gasteiger partial charge in [-0.05, 0) is 53.5 Å². The third-order valence-electron chi connectivity index (χ3n) is 5.42. The number of urea groups is 1. The number of aryl methyl sites for hydroxylation is 1. The van der Waals surface area contributed by atoms with Gasteiger partial charge in [0.2, 0.25) is 0 Å². The van der Waals surface area contributed by atoms with Gasteiger partial charge < -0.3 is 4.74 Å². The first-order valence-electron chi connectivity index (χ1n) is 10.3. The van der Waals surface area contributed by atoms with E-state index in [0.717, 1.165) is 21.6 Å². The van der Waals surface area contributed by atoms with Crippen LogP contribution in [0.4, 0.5) is 10.5 Å². The second kappa shape index (κ2) is 9.30. The van der Waals surface area contributed by atoms with E-state index in [1.807, 2.05) is 36.4 Å². The van der Waals surface area contributed by atoms with Gasteiger partial charge in [0.05, 0.1) is 12.8 Å². The normalized spacial score (nSPS) is 15.1. The Balaban J connectivity index is 1.68. The molecule has 0 saturated carbocycles. The first kappa shape index (κ1) is 22.3. The van der Waals surface area contributed by atoms with E-state index in [9.17, 15) is 14.4 Å². The van der Waals surface area contributed by atoms with Crippen molar-refractivity contribution in [1.82, 2.24) is 5.32 Å². The molecule has 1 aliphatic rings. The zero-order chi connectivity index (χ0) is 23.5. The lowest BCUT2D eigenvalue weighted by Gasteiger charge is -2.27. The van der Waals surface area contributed by atoms with Crippen molar-refractivity contribution in [3.05, 3.63) is 99.6 Å². The first-order valence-corrected chi connectivity index (χ1v) is 10.6. The summed E-state index contributed by atoms with van der Waals surface area (Å²) in [6.45, 7) is 1.79. The number of rotatable bonds is 5. The number of hydrogen-bond donors (Lipinski definition) is 1. The molecule has 1 aliphatic heterocycles. The van der Waals surface area contributed by atoms with E-state index in [1.165, 1.54) is 6.08 Å². The largest absolute Gasteiger partial charge is 0.496 e. The summed E-state index contributed by atoms with van der Waals surface area (Å²) in [5, 5.41) is 2.91. The zero-order valence-electron chi connectivity index (χ0n) is 18.1. The van der Waals surface area contributed by atoms with Gasteiger partial charge in [0.25, 0.3) is 11.8 Å². The van der Waals surface area contributed by atoms with Gasteiger partial charge in [-0.15, -0.1) is 0 Å². The fourth-order valence-corrected chi connectivity index (χ4v) is 3.90. The first-order chi connectivity index (χ1) is 15.9. The zero-order valence-corrected chi connectivity index (χ0v) is 18.8. The topological polar surface area (TPSA) is 75.7 Å². The van der Waals surface area contributed by atoms with Crippen molar-refractivity contribution in [3.63, 3.8) is 0 Å². The smallest absolute Gasteiger partial charge is 0.335 e. The molecule has 6 nitrogen and oxygen atoms in total. The molecule has 1 N–H and O–H groups in total. The highest BCUT2D eigenvalue weighted by Gasteiger charge is 2.37. The van der Waals surface area contributed by atoms with Crippen molar-refractivity contribution >= 4 is 41.2 Å². The van der Waals surface area contributed by atoms with Gasteiger partial charge in [-0.25, -0.2) is 9.69 Å². The van der Waals surface area contributed by atoms with Crippen LogP contribution in [0.15, 0.2) is 72.3 Å². The minimum atomic E-state index is -0.774. The molecule has 0 aromatic heterocycles. The Morgan fingerprint density at radius 2 is 1.70 bits per heavy atom. The Hall–Kier alpha value is -3.90. The van der Waals surface area contributed by atoms with Crippen LogP contribution in [0.5, 0.6) is 5.75 Å². The molecule has 0 unspecified atom stereocenters. The third kappa shape index (κ3) is 4.52. The highest BCUT2D eigenvalue weighted by molar-refractivity contribution is 6.39. The molecule has 0 aliphatic carbocycles. The van der Waals surface area contributed by atoms with Crippen molar-refractivity contribution in [3.8, 4) is 5.75 Å². The number of imide groups is 2. The number of barbiturate groups is 1.